The highest BCUT2D eigenvalue weighted by Crippen LogP contribution is 2.36. The summed E-state index contributed by atoms with van der Waals surface area (Å²) in [6.45, 7) is 13.6. The van der Waals surface area contributed by atoms with Crippen molar-refractivity contribution in [1.82, 2.24) is 14.5 Å². The monoisotopic (exact) mass is 430 g/mol. The zero-order chi connectivity index (χ0) is 22.8. The third-order valence-corrected chi connectivity index (χ3v) is 6.23. The molecule has 0 bridgehead atoms. The molecule has 5 heteroatoms. The van der Waals surface area contributed by atoms with E-state index in [0.717, 1.165) is 55.4 Å². The van der Waals surface area contributed by atoms with Gasteiger partial charge in [-0.15, -0.1) is 0 Å². The van der Waals surface area contributed by atoms with Crippen LogP contribution in [0.25, 0.3) is 0 Å². The normalized spacial score (nSPS) is 13.2. The van der Waals surface area contributed by atoms with Crippen LogP contribution in [0.5, 0.6) is 0 Å². The van der Waals surface area contributed by atoms with Crippen molar-refractivity contribution in [2.24, 2.45) is 0 Å². The van der Waals surface area contributed by atoms with Crippen LogP contribution in [0.2, 0.25) is 0 Å². The standard InChI is InChI=1S/C27H34N4O/c1-6-13-29(18-23-11-8-7-9-12-23)26(32)25-22(5)28-27-30(14-10-15-31(25)27)24-20(3)16-19(2)17-21(24)4/h7-9,11-12,16-17H,6,10,13-15,18H2,1-5H3. The summed E-state index contributed by atoms with van der Waals surface area (Å²) in [5.74, 6) is 0.967. The number of hydrogen-bond acceptors (Lipinski definition) is 3. The number of carbonyl (C=O) groups excluding carboxylic acids is 1. The van der Waals surface area contributed by atoms with Crippen LogP contribution < -0.4 is 4.90 Å². The number of aromatic nitrogens is 2. The van der Waals surface area contributed by atoms with Crippen molar-refractivity contribution < 1.29 is 4.79 Å². The lowest BCUT2D eigenvalue weighted by molar-refractivity contribution is 0.0731. The molecule has 0 aliphatic carbocycles. The van der Waals surface area contributed by atoms with Crippen LogP contribution >= 0.6 is 0 Å². The van der Waals surface area contributed by atoms with Crippen LogP contribution in [0.3, 0.4) is 0 Å². The van der Waals surface area contributed by atoms with Gasteiger partial charge in [0.15, 0.2) is 0 Å². The van der Waals surface area contributed by atoms with Gasteiger partial charge in [-0.3, -0.25) is 4.79 Å². The van der Waals surface area contributed by atoms with Crippen molar-refractivity contribution in [3.05, 3.63) is 76.1 Å². The number of rotatable bonds is 6. The highest BCUT2D eigenvalue weighted by Gasteiger charge is 2.31. The molecule has 1 aliphatic rings. The van der Waals surface area contributed by atoms with Gasteiger partial charge in [0.1, 0.15) is 5.69 Å². The fraction of sp³-hybridized carbons (Fsp3) is 0.407. The maximum absolute atomic E-state index is 13.8. The second-order valence-electron chi connectivity index (χ2n) is 8.96. The molecule has 3 aromatic rings. The molecule has 0 fully saturated rings. The number of hydrogen-bond donors (Lipinski definition) is 0. The van der Waals surface area contributed by atoms with Gasteiger partial charge in [-0.1, -0.05) is 55.0 Å². The minimum Gasteiger partial charge on any atom is -0.333 e. The number of carbonyl (C=O) groups is 1. The number of fused-ring (bicyclic) bond motifs is 1. The first-order valence-corrected chi connectivity index (χ1v) is 11.7. The van der Waals surface area contributed by atoms with Crippen LogP contribution in [0.1, 0.15) is 58.2 Å². The average molecular weight is 431 g/mol. The highest BCUT2D eigenvalue weighted by molar-refractivity contribution is 5.94. The number of aryl methyl sites for hydroxylation is 4. The number of amides is 1. The van der Waals surface area contributed by atoms with Gasteiger partial charge in [-0.25, -0.2) is 4.98 Å². The fourth-order valence-electron chi connectivity index (χ4n) is 5.02. The summed E-state index contributed by atoms with van der Waals surface area (Å²) >= 11 is 0. The molecule has 2 heterocycles. The fourth-order valence-corrected chi connectivity index (χ4v) is 5.02. The van der Waals surface area contributed by atoms with Crippen molar-refractivity contribution >= 4 is 17.5 Å². The Labute approximate surface area is 191 Å². The molecule has 1 aromatic heterocycles. The van der Waals surface area contributed by atoms with E-state index in [1.165, 1.54) is 22.4 Å². The molecule has 0 atom stereocenters. The molecule has 0 radical (unpaired) electrons. The smallest absolute Gasteiger partial charge is 0.272 e. The van der Waals surface area contributed by atoms with Crippen molar-refractivity contribution in [2.45, 2.75) is 60.5 Å². The topological polar surface area (TPSA) is 41.4 Å². The minimum absolute atomic E-state index is 0.0751. The molecule has 1 aliphatic heterocycles. The van der Waals surface area contributed by atoms with E-state index in [2.05, 4.69) is 61.4 Å². The Morgan fingerprint density at radius 3 is 2.38 bits per heavy atom. The quantitative estimate of drug-likeness (QED) is 0.503. The Morgan fingerprint density at radius 2 is 1.72 bits per heavy atom. The lowest BCUT2D eigenvalue weighted by Gasteiger charge is -2.32. The van der Waals surface area contributed by atoms with Crippen LogP contribution in [0.4, 0.5) is 11.6 Å². The third kappa shape index (κ3) is 4.16. The first kappa shape index (κ1) is 22.1. The Hall–Kier alpha value is -3.08. The van der Waals surface area contributed by atoms with Gasteiger partial charge in [0, 0.05) is 31.9 Å². The third-order valence-electron chi connectivity index (χ3n) is 6.23. The maximum atomic E-state index is 13.8. The van der Waals surface area contributed by atoms with Gasteiger partial charge in [0.05, 0.1) is 5.69 Å². The Balaban J connectivity index is 1.72. The minimum atomic E-state index is 0.0751. The van der Waals surface area contributed by atoms with Gasteiger partial charge in [0.2, 0.25) is 5.95 Å². The van der Waals surface area contributed by atoms with E-state index in [-0.39, 0.29) is 5.91 Å². The summed E-state index contributed by atoms with van der Waals surface area (Å²) in [6, 6.07) is 14.7. The average Bonchev–Trinajstić information content (AvgIpc) is 3.09. The largest absolute Gasteiger partial charge is 0.333 e. The summed E-state index contributed by atoms with van der Waals surface area (Å²) in [5, 5.41) is 0. The van der Waals surface area contributed by atoms with Gasteiger partial charge in [-0.2, -0.15) is 0 Å². The van der Waals surface area contributed by atoms with Crippen LogP contribution in [0, 0.1) is 27.7 Å². The Morgan fingerprint density at radius 1 is 1.03 bits per heavy atom. The van der Waals surface area contributed by atoms with E-state index in [0.29, 0.717) is 6.54 Å². The molecule has 0 saturated heterocycles. The van der Waals surface area contributed by atoms with Gasteiger partial charge in [-0.05, 0) is 57.2 Å². The summed E-state index contributed by atoms with van der Waals surface area (Å²) in [4.78, 5) is 23.0. The van der Waals surface area contributed by atoms with E-state index in [9.17, 15) is 4.79 Å². The van der Waals surface area contributed by atoms with E-state index < -0.39 is 0 Å². The molecule has 0 saturated carbocycles. The molecular formula is C27H34N4O. The zero-order valence-electron chi connectivity index (χ0n) is 20.0. The van der Waals surface area contributed by atoms with E-state index in [1.807, 2.05) is 30.0 Å². The first-order valence-electron chi connectivity index (χ1n) is 11.7. The van der Waals surface area contributed by atoms with E-state index >= 15 is 0 Å². The Bertz CT molecular complexity index is 1090. The number of anilines is 2. The molecule has 5 nitrogen and oxygen atoms in total. The summed E-state index contributed by atoms with van der Waals surface area (Å²) in [7, 11) is 0. The van der Waals surface area contributed by atoms with Crippen LogP contribution in [-0.2, 0) is 13.1 Å². The van der Waals surface area contributed by atoms with E-state index in [4.69, 9.17) is 4.98 Å². The maximum Gasteiger partial charge on any atom is 0.272 e. The van der Waals surface area contributed by atoms with E-state index in [1.54, 1.807) is 0 Å². The van der Waals surface area contributed by atoms with Crippen molar-refractivity contribution in [3.63, 3.8) is 0 Å². The van der Waals surface area contributed by atoms with Crippen LogP contribution in [-0.4, -0.2) is 33.4 Å². The SMILES string of the molecule is CCCN(Cc1ccccc1)C(=O)c1c(C)nc2n1CCCN2c1c(C)cc(C)cc1C. The van der Waals surface area contributed by atoms with Crippen molar-refractivity contribution in [1.29, 1.82) is 0 Å². The lowest BCUT2D eigenvalue weighted by atomic mass is 10.0. The molecule has 0 unspecified atom stereocenters. The summed E-state index contributed by atoms with van der Waals surface area (Å²) < 4.78 is 2.15. The molecular weight excluding hydrogens is 396 g/mol. The van der Waals surface area contributed by atoms with Gasteiger partial charge in [0.25, 0.3) is 5.91 Å². The Kier molecular flexibility index (Phi) is 6.35. The number of imidazole rings is 1. The molecule has 168 valence electrons. The first-order chi connectivity index (χ1) is 15.4. The lowest BCUT2D eigenvalue weighted by Crippen LogP contribution is -2.35. The van der Waals surface area contributed by atoms with Gasteiger partial charge < -0.3 is 14.4 Å². The molecule has 32 heavy (non-hydrogen) atoms. The van der Waals surface area contributed by atoms with Crippen molar-refractivity contribution in [2.75, 3.05) is 18.0 Å². The molecule has 0 N–H and O–H groups in total. The predicted octanol–water partition coefficient (Wildman–Crippen LogP) is 5.71. The molecule has 1 amide bonds. The highest BCUT2D eigenvalue weighted by atomic mass is 16.2. The van der Waals surface area contributed by atoms with Gasteiger partial charge >= 0.3 is 0 Å². The van der Waals surface area contributed by atoms with Crippen molar-refractivity contribution in [3.8, 4) is 0 Å². The summed E-state index contributed by atoms with van der Waals surface area (Å²) in [5.41, 5.74) is 7.69. The predicted molar refractivity (Wildman–Crippen MR) is 131 cm³/mol. The summed E-state index contributed by atoms with van der Waals surface area (Å²) in [6.07, 6.45) is 1.91. The number of nitrogens with zero attached hydrogens (tertiary/aromatic N) is 4. The van der Waals surface area contributed by atoms with Crippen LogP contribution in [0.15, 0.2) is 42.5 Å². The number of benzene rings is 2. The molecule has 0 spiro atoms. The molecule has 4 rings (SSSR count). The second-order valence-corrected chi connectivity index (χ2v) is 8.96. The molecule has 2 aromatic carbocycles. The zero-order valence-corrected chi connectivity index (χ0v) is 20.0. The second kappa shape index (κ2) is 9.19.